The van der Waals surface area contributed by atoms with E-state index < -0.39 is 0 Å². The highest BCUT2D eigenvalue weighted by atomic mass is 35.5. The fraction of sp³-hybridized carbons (Fsp3) is 0.286. The molecule has 94 valence electrons. The molecular weight excluding hydrogens is 248 g/mol. The summed E-state index contributed by atoms with van der Waals surface area (Å²) in [6.07, 6.45) is 1.01. The Morgan fingerprint density at radius 3 is 2.39 bits per heavy atom. The summed E-state index contributed by atoms with van der Waals surface area (Å²) in [5.74, 6) is 1.87. The number of nitrogens with zero attached hydrogens (tertiary/aromatic N) is 2. The molecule has 18 heavy (non-hydrogen) atoms. The van der Waals surface area contributed by atoms with Crippen LogP contribution in [0.4, 0.5) is 0 Å². The first-order valence-corrected chi connectivity index (χ1v) is 6.25. The van der Waals surface area contributed by atoms with Gasteiger partial charge in [-0.2, -0.15) is 4.98 Å². The minimum Gasteiger partial charge on any atom is -0.439 e. The molecule has 0 N–H and O–H groups in total. The average Bonchev–Trinajstić information content (AvgIpc) is 2.36. The van der Waals surface area contributed by atoms with E-state index in [1.54, 1.807) is 6.92 Å². The molecule has 0 aliphatic rings. The van der Waals surface area contributed by atoms with Crippen molar-refractivity contribution in [2.75, 3.05) is 0 Å². The zero-order valence-electron chi connectivity index (χ0n) is 10.7. The number of benzene rings is 1. The molecule has 0 saturated heterocycles. The summed E-state index contributed by atoms with van der Waals surface area (Å²) in [6, 6.07) is 7.95. The maximum Gasteiger partial charge on any atom is 0.226 e. The van der Waals surface area contributed by atoms with E-state index in [1.165, 1.54) is 5.56 Å². The van der Waals surface area contributed by atoms with Crippen molar-refractivity contribution in [3.63, 3.8) is 0 Å². The van der Waals surface area contributed by atoms with Crippen LogP contribution in [0.3, 0.4) is 0 Å². The zero-order chi connectivity index (χ0) is 13.1. The zero-order valence-corrected chi connectivity index (χ0v) is 11.5. The molecule has 0 unspecified atom stereocenters. The summed E-state index contributed by atoms with van der Waals surface area (Å²) in [5, 5.41) is 0.433. The van der Waals surface area contributed by atoms with Gasteiger partial charge in [0.2, 0.25) is 5.88 Å². The second-order valence-corrected chi connectivity index (χ2v) is 4.45. The lowest BCUT2D eigenvalue weighted by atomic mass is 10.2. The maximum atomic E-state index is 6.00. The van der Waals surface area contributed by atoms with Gasteiger partial charge in [0.1, 0.15) is 16.7 Å². The van der Waals surface area contributed by atoms with Gasteiger partial charge >= 0.3 is 0 Å². The number of ether oxygens (including phenoxy) is 1. The highest BCUT2D eigenvalue weighted by Gasteiger charge is 2.09. The van der Waals surface area contributed by atoms with Crippen LogP contribution in [0.5, 0.6) is 11.6 Å². The summed E-state index contributed by atoms with van der Waals surface area (Å²) < 4.78 is 5.73. The Balaban J connectivity index is 2.27. The van der Waals surface area contributed by atoms with E-state index in [0.717, 1.165) is 17.7 Å². The van der Waals surface area contributed by atoms with E-state index in [0.29, 0.717) is 16.9 Å². The summed E-state index contributed by atoms with van der Waals surface area (Å²) in [4.78, 5) is 8.33. The highest BCUT2D eigenvalue weighted by molar-refractivity contribution is 6.30. The molecule has 3 nitrogen and oxygen atoms in total. The third-order valence-corrected chi connectivity index (χ3v) is 3.07. The lowest BCUT2D eigenvalue weighted by Gasteiger charge is -2.09. The molecule has 0 radical (unpaired) electrons. The Hall–Kier alpha value is -1.61. The van der Waals surface area contributed by atoms with Gasteiger partial charge in [0.05, 0.1) is 0 Å². The molecule has 0 saturated carbocycles. The molecule has 2 rings (SSSR count). The SMILES string of the molecule is CCc1ccc(Oc2nc(C)nc(Cl)c2C)cc1. The van der Waals surface area contributed by atoms with Gasteiger partial charge in [-0.1, -0.05) is 30.7 Å². The highest BCUT2D eigenvalue weighted by Crippen LogP contribution is 2.26. The van der Waals surface area contributed by atoms with E-state index >= 15 is 0 Å². The van der Waals surface area contributed by atoms with Crippen LogP contribution in [0.1, 0.15) is 23.9 Å². The van der Waals surface area contributed by atoms with Gasteiger partial charge in [0.25, 0.3) is 0 Å². The second-order valence-electron chi connectivity index (χ2n) is 4.09. The predicted molar refractivity (Wildman–Crippen MR) is 72.4 cm³/mol. The van der Waals surface area contributed by atoms with Crippen LogP contribution >= 0.6 is 11.6 Å². The molecule has 0 spiro atoms. The molecule has 2 aromatic rings. The summed E-state index contributed by atoms with van der Waals surface area (Å²) in [5.41, 5.74) is 2.03. The molecule has 4 heteroatoms. The van der Waals surface area contributed by atoms with Crippen LogP contribution in [-0.4, -0.2) is 9.97 Å². The number of rotatable bonds is 3. The van der Waals surface area contributed by atoms with Crippen molar-refractivity contribution < 1.29 is 4.74 Å². The number of aromatic nitrogens is 2. The van der Waals surface area contributed by atoms with Crippen LogP contribution in [-0.2, 0) is 6.42 Å². The summed E-state index contributed by atoms with van der Waals surface area (Å²) in [7, 11) is 0. The van der Waals surface area contributed by atoms with Crippen molar-refractivity contribution >= 4 is 11.6 Å². The normalized spacial score (nSPS) is 10.4. The molecule has 0 fully saturated rings. The predicted octanol–water partition coefficient (Wildman–Crippen LogP) is 4.10. The topological polar surface area (TPSA) is 35.0 Å². The molecule has 0 aliphatic heterocycles. The van der Waals surface area contributed by atoms with Crippen molar-refractivity contribution in [2.45, 2.75) is 27.2 Å². The van der Waals surface area contributed by atoms with Crippen LogP contribution in [0.2, 0.25) is 5.15 Å². The summed E-state index contributed by atoms with van der Waals surface area (Å²) >= 11 is 6.00. The van der Waals surface area contributed by atoms with E-state index in [9.17, 15) is 0 Å². The third kappa shape index (κ3) is 2.79. The fourth-order valence-corrected chi connectivity index (χ4v) is 1.78. The van der Waals surface area contributed by atoms with Crippen LogP contribution in [0.15, 0.2) is 24.3 Å². The summed E-state index contributed by atoms with van der Waals surface area (Å²) in [6.45, 7) is 5.75. The Labute approximate surface area is 112 Å². The molecule has 0 atom stereocenters. The Bertz CT molecular complexity index is 552. The van der Waals surface area contributed by atoms with E-state index in [-0.39, 0.29) is 0 Å². The quantitative estimate of drug-likeness (QED) is 0.781. The smallest absolute Gasteiger partial charge is 0.226 e. The van der Waals surface area contributed by atoms with E-state index in [4.69, 9.17) is 16.3 Å². The van der Waals surface area contributed by atoms with Crippen LogP contribution in [0.25, 0.3) is 0 Å². The standard InChI is InChI=1S/C14H15ClN2O/c1-4-11-5-7-12(8-6-11)18-14-9(2)13(15)16-10(3)17-14/h5-8H,4H2,1-3H3. The second kappa shape index (κ2) is 5.36. The molecular formula is C14H15ClN2O. The van der Waals surface area contributed by atoms with Gasteiger partial charge in [-0.3, -0.25) is 0 Å². The van der Waals surface area contributed by atoms with Crippen molar-refractivity contribution in [3.05, 3.63) is 46.4 Å². The fourth-order valence-electron chi connectivity index (χ4n) is 1.57. The minimum absolute atomic E-state index is 0.433. The van der Waals surface area contributed by atoms with Crippen molar-refractivity contribution in [1.82, 2.24) is 9.97 Å². The monoisotopic (exact) mass is 262 g/mol. The van der Waals surface area contributed by atoms with Crippen molar-refractivity contribution in [1.29, 1.82) is 0 Å². The number of aryl methyl sites for hydroxylation is 2. The molecule has 1 aromatic carbocycles. The van der Waals surface area contributed by atoms with Gasteiger partial charge < -0.3 is 4.74 Å². The number of halogens is 1. The van der Waals surface area contributed by atoms with E-state index in [2.05, 4.69) is 16.9 Å². The Kier molecular flexibility index (Phi) is 3.82. The van der Waals surface area contributed by atoms with E-state index in [1.807, 2.05) is 31.2 Å². The van der Waals surface area contributed by atoms with Crippen LogP contribution < -0.4 is 4.74 Å². The van der Waals surface area contributed by atoms with Crippen molar-refractivity contribution in [2.24, 2.45) is 0 Å². The lowest BCUT2D eigenvalue weighted by molar-refractivity contribution is 0.455. The number of hydrogen-bond acceptors (Lipinski definition) is 3. The molecule has 0 bridgehead atoms. The molecule has 0 amide bonds. The largest absolute Gasteiger partial charge is 0.439 e. The molecule has 1 heterocycles. The van der Waals surface area contributed by atoms with Crippen molar-refractivity contribution in [3.8, 4) is 11.6 Å². The lowest BCUT2D eigenvalue weighted by Crippen LogP contribution is -1.97. The average molecular weight is 263 g/mol. The number of hydrogen-bond donors (Lipinski definition) is 0. The van der Waals surface area contributed by atoms with Gasteiger partial charge in [0, 0.05) is 5.56 Å². The van der Waals surface area contributed by atoms with Gasteiger partial charge in [0.15, 0.2) is 0 Å². The maximum absolute atomic E-state index is 6.00. The molecule has 0 aliphatic carbocycles. The van der Waals surface area contributed by atoms with Gasteiger partial charge in [-0.25, -0.2) is 4.98 Å². The van der Waals surface area contributed by atoms with Gasteiger partial charge in [-0.05, 0) is 38.0 Å². The first kappa shape index (κ1) is 12.8. The molecule has 1 aromatic heterocycles. The van der Waals surface area contributed by atoms with Gasteiger partial charge in [-0.15, -0.1) is 0 Å². The first-order valence-electron chi connectivity index (χ1n) is 5.87. The Morgan fingerprint density at radius 2 is 1.78 bits per heavy atom. The Morgan fingerprint density at radius 1 is 1.11 bits per heavy atom. The minimum atomic E-state index is 0.433. The van der Waals surface area contributed by atoms with Crippen LogP contribution in [0, 0.1) is 13.8 Å². The third-order valence-electron chi connectivity index (χ3n) is 2.70. The first-order chi connectivity index (χ1) is 8.60.